The Morgan fingerprint density at radius 3 is 2.43 bits per heavy atom. The number of thiocarbonyl (C=S) groups is 1. The number of imidazole rings is 1. The molecule has 28 heavy (non-hydrogen) atoms. The molecule has 3 aromatic carbocycles. The molecule has 140 valence electrons. The predicted molar refractivity (Wildman–Crippen MR) is 118 cm³/mol. The lowest BCUT2D eigenvalue weighted by Crippen LogP contribution is -2.18. The molecule has 0 atom stereocenters. The van der Waals surface area contributed by atoms with Gasteiger partial charge in [0.2, 0.25) is 0 Å². The number of aromatic amines is 1. The van der Waals surface area contributed by atoms with Crippen LogP contribution in [0.15, 0.2) is 72.8 Å². The molecule has 1 heterocycles. The Labute approximate surface area is 168 Å². The monoisotopic (exact) mass is 388 g/mol. The van der Waals surface area contributed by atoms with Crippen LogP contribution in [0.2, 0.25) is 0 Å². The maximum atomic E-state index is 5.84. The summed E-state index contributed by atoms with van der Waals surface area (Å²) in [6, 6.07) is 23.6. The zero-order valence-corrected chi connectivity index (χ0v) is 16.2. The lowest BCUT2D eigenvalue weighted by molar-refractivity contribution is 0.297. The van der Waals surface area contributed by atoms with Gasteiger partial charge in [0.1, 0.15) is 18.2 Å². The minimum atomic E-state index is 0.383. The van der Waals surface area contributed by atoms with E-state index in [1.54, 1.807) is 0 Å². The third-order valence-corrected chi connectivity index (χ3v) is 4.41. The molecule has 0 unspecified atom stereocenters. The smallest absolute Gasteiger partial charge is 0.175 e. The average Bonchev–Trinajstić information content (AvgIpc) is 3.10. The van der Waals surface area contributed by atoms with Crippen molar-refractivity contribution in [2.24, 2.45) is 0 Å². The van der Waals surface area contributed by atoms with Crippen LogP contribution in [0, 0.1) is 6.92 Å². The molecule has 5 nitrogen and oxygen atoms in total. The number of aromatic nitrogens is 2. The van der Waals surface area contributed by atoms with Crippen LogP contribution >= 0.6 is 12.2 Å². The van der Waals surface area contributed by atoms with Gasteiger partial charge in [-0.05, 0) is 73.2 Å². The number of hydrogen-bond donors (Lipinski definition) is 3. The van der Waals surface area contributed by atoms with Crippen molar-refractivity contribution >= 4 is 39.7 Å². The van der Waals surface area contributed by atoms with E-state index in [1.807, 2.05) is 60.7 Å². The minimum absolute atomic E-state index is 0.383. The summed E-state index contributed by atoms with van der Waals surface area (Å²) in [5, 5.41) is 6.84. The molecule has 1 aromatic heterocycles. The molecule has 6 heteroatoms. The topological polar surface area (TPSA) is 62.0 Å². The maximum Gasteiger partial charge on any atom is 0.175 e. The van der Waals surface area contributed by atoms with Gasteiger partial charge >= 0.3 is 0 Å². The number of H-pyrrole nitrogens is 1. The number of aryl methyl sites for hydroxylation is 1. The van der Waals surface area contributed by atoms with E-state index in [-0.39, 0.29) is 0 Å². The molecule has 0 aliphatic carbocycles. The number of para-hydroxylation sites is 1. The van der Waals surface area contributed by atoms with Gasteiger partial charge < -0.3 is 20.4 Å². The first-order valence-corrected chi connectivity index (χ1v) is 9.38. The fourth-order valence-electron chi connectivity index (χ4n) is 2.85. The van der Waals surface area contributed by atoms with E-state index in [9.17, 15) is 0 Å². The van der Waals surface area contributed by atoms with Crippen LogP contribution in [0.4, 0.5) is 11.4 Å². The number of rotatable bonds is 5. The van der Waals surface area contributed by atoms with Gasteiger partial charge in [0.25, 0.3) is 0 Å². The molecule has 0 fully saturated rings. The summed E-state index contributed by atoms with van der Waals surface area (Å²) in [6.07, 6.45) is 0. The quantitative estimate of drug-likeness (QED) is 0.407. The first kappa shape index (κ1) is 18.0. The number of ether oxygens (including phenoxy) is 1. The SMILES string of the molecule is Cc1ccc2nc(COc3ccc(NC(=S)Nc4ccccc4)cc3)[nH]c2c1. The third-order valence-electron chi connectivity index (χ3n) is 4.21. The summed E-state index contributed by atoms with van der Waals surface area (Å²) < 4.78 is 5.84. The van der Waals surface area contributed by atoms with Crippen LogP contribution in [-0.4, -0.2) is 15.1 Å². The third kappa shape index (κ3) is 4.47. The van der Waals surface area contributed by atoms with Gasteiger partial charge in [-0.15, -0.1) is 0 Å². The molecule has 0 aliphatic rings. The number of nitrogens with one attached hydrogen (secondary N) is 3. The molecule has 4 aromatic rings. The maximum absolute atomic E-state index is 5.84. The lowest BCUT2D eigenvalue weighted by atomic mass is 10.2. The molecular formula is C22H20N4OS. The Hall–Kier alpha value is -3.38. The van der Waals surface area contributed by atoms with Gasteiger partial charge in [-0.1, -0.05) is 24.3 Å². The van der Waals surface area contributed by atoms with Gasteiger partial charge in [-0.25, -0.2) is 4.98 Å². The number of fused-ring (bicyclic) bond motifs is 1. The van der Waals surface area contributed by atoms with Crippen molar-refractivity contribution in [3.05, 3.63) is 84.2 Å². The summed E-state index contributed by atoms with van der Waals surface area (Å²) in [5.41, 5.74) is 5.01. The van der Waals surface area contributed by atoms with Crippen LogP contribution in [0.1, 0.15) is 11.4 Å². The second-order valence-corrected chi connectivity index (χ2v) is 6.87. The Kier molecular flexibility index (Phi) is 5.21. The van der Waals surface area contributed by atoms with Crippen molar-refractivity contribution in [3.63, 3.8) is 0 Å². The minimum Gasteiger partial charge on any atom is -0.486 e. The Bertz CT molecular complexity index is 1090. The van der Waals surface area contributed by atoms with Gasteiger partial charge in [-0.2, -0.15) is 0 Å². The normalized spacial score (nSPS) is 10.6. The highest BCUT2D eigenvalue weighted by atomic mass is 32.1. The largest absolute Gasteiger partial charge is 0.486 e. The summed E-state index contributed by atoms with van der Waals surface area (Å²) in [7, 11) is 0. The number of nitrogens with zero attached hydrogens (tertiary/aromatic N) is 1. The van der Waals surface area contributed by atoms with E-state index in [0.29, 0.717) is 11.7 Å². The van der Waals surface area contributed by atoms with E-state index in [1.165, 1.54) is 5.56 Å². The first-order valence-electron chi connectivity index (χ1n) is 8.97. The Morgan fingerprint density at radius 2 is 1.68 bits per heavy atom. The molecule has 0 saturated carbocycles. The molecule has 4 rings (SSSR count). The van der Waals surface area contributed by atoms with E-state index in [4.69, 9.17) is 17.0 Å². The summed E-state index contributed by atoms with van der Waals surface area (Å²) in [4.78, 5) is 7.84. The molecule has 0 bridgehead atoms. The molecule has 3 N–H and O–H groups in total. The highest BCUT2D eigenvalue weighted by Gasteiger charge is 2.04. The van der Waals surface area contributed by atoms with Crippen molar-refractivity contribution in [1.29, 1.82) is 0 Å². The second kappa shape index (κ2) is 8.10. The van der Waals surface area contributed by atoms with Crippen molar-refractivity contribution in [1.82, 2.24) is 9.97 Å². The van der Waals surface area contributed by atoms with E-state index in [2.05, 4.69) is 39.7 Å². The second-order valence-electron chi connectivity index (χ2n) is 6.46. The Morgan fingerprint density at radius 1 is 0.964 bits per heavy atom. The van der Waals surface area contributed by atoms with Crippen molar-refractivity contribution in [2.45, 2.75) is 13.5 Å². The van der Waals surface area contributed by atoms with Gasteiger partial charge in [-0.3, -0.25) is 0 Å². The number of benzene rings is 3. The van der Waals surface area contributed by atoms with Crippen LogP contribution in [0.5, 0.6) is 5.75 Å². The lowest BCUT2D eigenvalue weighted by Gasteiger charge is -2.11. The van der Waals surface area contributed by atoms with E-state index >= 15 is 0 Å². The molecule has 0 amide bonds. The zero-order valence-electron chi connectivity index (χ0n) is 15.4. The zero-order chi connectivity index (χ0) is 19.3. The molecule has 0 spiro atoms. The highest BCUT2D eigenvalue weighted by Crippen LogP contribution is 2.18. The molecule has 0 aliphatic heterocycles. The standard InChI is InChI=1S/C22H20N4OS/c1-15-7-12-19-20(13-15)26-21(25-19)14-27-18-10-8-17(9-11-18)24-22(28)23-16-5-3-2-4-6-16/h2-13H,14H2,1H3,(H,25,26)(H2,23,24,28). The fraction of sp³-hybridized carbons (Fsp3) is 0.0909. The number of anilines is 2. The highest BCUT2D eigenvalue weighted by molar-refractivity contribution is 7.80. The number of hydrogen-bond acceptors (Lipinski definition) is 3. The van der Waals surface area contributed by atoms with Crippen LogP contribution in [-0.2, 0) is 6.61 Å². The van der Waals surface area contributed by atoms with Crippen molar-refractivity contribution in [3.8, 4) is 5.75 Å². The first-order chi connectivity index (χ1) is 13.7. The summed E-state index contributed by atoms with van der Waals surface area (Å²) in [5.74, 6) is 1.57. The summed E-state index contributed by atoms with van der Waals surface area (Å²) in [6.45, 7) is 2.45. The molecule has 0 radical (unpaired) electrons. The molecule has 0 saturated heterocycles. The summed E-state index contributed by atoms with van der Waals surface area (Å²) >= 11 is 5.34. The van der Waals surface area contributed by atoms with Gasteiger partial charge in [0, 0.05) is 11.4 Å². The Balaban J connectivity index is 1.33. The van der Waals surface area contributed by atoms with Crippen LogP contribution in [0.3, 0.4) is 0 Å². The van der Waals surface area contributed by atoms with Gasteiger partial charge in [0.05, 0.1) is 11.0 Å². The predicted octanol–water partition coefficient (Wildman–Crippen LogP) is 5.26. The average molecular weight is 388 g/mol. The van der Waals surface area contributed by atoms with Crippen molar-refractivity contribution < 1.29 is 4.74 Å². The van der Waals surface area contributed by atoms with E-state index in [0.717, 1.165) is 34.0 Å². The van der Waals surface area contributed by atoms with Gasteiger partial charge in [0.15, 0.2) is 5.11 Å². The molecular weight excluding hydrogens is 368 g/mol. The van der Waals surface area contributed by atoms with Crippen LogP contribution in [0.25, 0.3) is 11.0 Å². The fourth-order valence-corrected chi connectivity index (χ4v) is 3.08. The van der Waals surface area contributed by atoms with Crippen LogP contribution < -0.4 is 15.4 Å². The van der Waals surface area contributed by atoms with Crippen molar-refractivity contribution in [2.75, 3.05) is 10.6 Å². The van der Waals surface area contributed by atoms with E-state index < -0.39 is 0 Å².